The van der Waals surface area contributed by atoms with Crippen molar-refractivity contribution in [3.05, 3.63) is 24.2 Å². The number of alkyl halides is 3. The topological polar surface area (TPSA) is 75.4 Å². The number of nitrogens with zero attached hydrogens (tertiary/aromatic N) is 5. The number of rotatable bonds is 3. The predicted octanol–water partition coefficient (Wildman–Crippen LogP) is 3.52. The number of fused-ring (bicyclic) bond motifs is 2. The van der Waals surface area contributed by atoms with Gasteiger partial charge in [0.1, 0.15) is 5.82 Å². The third-order valence-electron chi connectivity index (χ3n) is 6.45. The predicted molar refractivity (Wildman–Crippen MR) is 100 cm³/mol. The van der Waals surface area contributed by atoms with Crippen LogP contribution in [0, 0.1) is 5.92 Å². The summed E-state index contributed by atoms with van der Waals surface area (Å²) in [4.78, 5) is 24.9. The number of hydrogen-bond acceptors (Lipinski definition) is 6. The van der Waals surface area contributed by atoms with E-state index in [1.807, 2.05) is 0 Å². The number of likely N-dealkylation sites (tertiary alicyclic amines) is 1. The minimum Gasteiger partial charge on any atom is -0.350 e. The summed E-state index contributed by atoms with van der Waals surface area (Å²) in [6.07, 6.45) is 3.24. The smallest absolute Gasteiger partial charge is 0.350 e. The lowest BCUT2D eigenvalue weighted by molar-refractivity contribution is -0.159. The van der Waals surface area contributed by atoms with Crippen molar-refractivity contribution in [2.45, 2.75) is 56.8 Å². The van der Waals surface area contributed by atoms with Gasteiger partial charge in [-0.05, 0) is 31.4 Å². The fourth-order valence-electron chi connectivity index (χ4n) is 4.95. The molecule has 3 aliphatic rings. The van der Waals surface area contributed by atoms with E-state index in [0.29, 0.717) is 18.0 Å². The van der Waals surface area contributed by atoms with Crippen LogP contribution in [-0.2, 0) is 11.0 Å². The number of piperazine rings is 1. The molecular formula is C20H22F3N5O2. The maximum Gasteiger partial charge on any atom is 0.471 e. The van der Waals surface area contributed by atoms with Crippen molar-refractivity contribution in [1.29, 1.82) is 0 Å². The third-order valence-corrected chi connectivity index (χ3v) is 6.45. The van der Waals surface area contributed by atoms with Gasteiger partial charge in [0.05, 0.1) is 12.1 Å². The SMILES string of the molecule is O=C(C1CCCCC1)N1CC2CC1CN2c1ccc(-c2noc(C(F)(F)F)n2)cn1. The summed E-state index contributed by atoms with van der Waals surface area (Å²) in [6, 6.07) is 3.83. The van der Waals surface area contributed by atoms with E-state index in [0.717, 1.165) is 44.5 Å². The highest BCUT2D eigenvalue weighted by molar-refractivity contribution is 5.80. The van der Waals surface area contributed by atoms with E-state index in [2.05, 4.69) is 29.4 Å². The minimum absolute atomic E-state index is 0.145. The number of pyridine rings is 1. The van der Waals surface area contributed by atoms with Gasteiger partial charge in [0.25, 0.3) is 0 Å². The number of anilines is 1. The Morgan fingerprint density at radius 3 is 2.50 bits per heavy atom. The summed E-state index contributed by atoms with van der Waals surface area (Å²) in [6.45, 7) is 1.44. The summed E-state index contributed by atoms with van der Waals surface area (Å²) in [5, 5.41) is 3.39. The second-order valence-corrected chi connectivity index (χ2v) is 8.35. The molecule has 0 spiro atoms. The summed E-state index contributed by atoms with van der Waals surface area (Å²) >= 11 is 0. The Hall–Kier alpha value is -2.65. The largest absolute Gasteiger partial charge is 0.471 e. The number of carbonyl (C=O) groups excluding carboxylic acids is 1. The zero-order valence-corrected chi connectivity index (χ0v) is 16.3. The highest BCUT2D eigenvalue weighted by Crippen LogP contribution is 2.37. The van der Waals surface area contributed by atoms with E-state index >= 15 is 0 Å². The number of amides is 1. The Morgan fingerprint density at radius 1 is 1.10 bits per heavy atom. The van der Waals surface area contributed by atoms with E-state index in [-0.39, 0.29) is 23.8 Å². The Bertz CT molecular complexity index is 923. The van der Waals surface area contributed by atoms with E-state index < -0.39 is 12.1 Å². The molecule has 3 fully saturated rings. The highest BCUT2D eigenvalue weighted by atomic mass is 19.4. The average molecular weight is 421 g/mol. The number of carbonyl (C=O) groups is 1. The van der Waals surface area contributed by atoms with Crippen molar-refractivity contribution in [2.75, 3.05) is 18.0 Å². The van der Waals surface area contributed by atoms with Crippen molar-refractivity contribution >= 4 is 11.7 Å². The van der Waals surface area contributed by atoms with Gasteiger partial charge in [-0.3, -0.25) is 4.79 Å². The summed E-state index contributed by atoms with van der Waals surface area (Å²) in [7, 11) is 0. The first-order valence-electron chi connectivity index (χ1n) is 10.3. The van der Waals surface area contributed by atoms with Crippen LogP contribution in [-0.4, -0.2) is 51.1 Å². The van der Waals surface area contributed by atoms with Crippen LogP contribution in [0.2, 0.25) is 0 Å². The molecule has 1 amide bonds. The zero-order valence-electron chi connectivity index (χ0n) is 16.3. The van der Waals surface area contributed by atoms with Crippen LogP contribution in [0.4, 0.5) is 19.0 Å². The van der Waals surface area contributed by atoms with Gasteiger partial charge in [-0.25, -0.2) is 4.98 Å². The highest BCUT2D eigenvalue weighted by Gasteiger charge is 2.47. The van der Waals surface area contributed by atoms with Crippen molar-refractivity contribution in [3.8, 4) is 11.4 Å². The van der Waals surface area contributed by atoms with Crippen LogP contribution in [0.15, 0.2) is 22.9 Å². The van der Waals surface area contributed by atoms with Gasteiger partial charge >= 0.3 is 12.1 Å². The van der Waals surface area contributed by atoms with Gasteiger partial charge in [0, 0.05) is 30.8 Å². The molecule has 2 saturated heterocycles. The van der Waals surface area contributed by atoms with Crippen molar-refractivity contribution in [2.24, 2.45) is 5.92 Å². The molecular weight excluding hydrogens is 399 g/mol. The molecule has 2 aromatic rings. The van der Waals surface area contributed by atoms with Crippen LogP contribution in [0.3, 0.4) is 0 Å². The Labute approximate surface area is 171 Å². The molecule has 1 saturated carbocycles. The molecule has 160 valence electrons. The molecule has 0 radical (unpaired) electrons. The minimum atomic E-state index is -4.67. The van der Waals surface area contributed by atoms with Crippen LogP contribution in [0.5, 0.6) is 0 Å². The van der Waals surface area contributed by atoms with Gasteiger partial charge in [0.15, 0.2) is 0 Å². The molecule has 4 heterocycles. The van der Waals surface area contributed by atoms with E-state index in [1.165, 1.54) is 12.6 Å². The normalized spacial score (nSPS) is 24.6. The second kappa shape index (κ2) is 7.24. The maximum absolute atomic E-state index is 12.9. The molecule has 2 atom stereocenters. The quantitative estimate of drug-likeness (QED) is 0.755. The lowest BCUT2D eigenvalue weighted by atomic mass is 9.88. The van der Waals surface area contributed by atoms with Crippen molar-refractivity contribution < 1.29 is 22.5 Å². The van der Waals surface area contributed by atoms with Gasteiger partial charge in [0.2, 0.25) is 11.7 Å². The second-order valence-electron chi connectivity index (χ2n) is 8.35. The molecule has 7 nitrogen and oxygen atoms in total. The Morgan fingerprint density at radius 2 is 1.90 bits per heavy atom. The number of halogens is 3. The molecule has 2 aromatic heterocycles. The lowest BCUT2D eigenvalue weighted by Crippen LogP contribution is -2.50. The summed E-state index contributed by atoms with van der Waals surface area (Å²) in [5.41, 5.74) is 0.358. The lowest BCUT2D eigenvalue weighted by Gasteiger charge is -2.37. The molecule has 0 aromatic carbocycles. The number of hydrogen-bond donors (Lipinski definition) is 0. The van der Waals surface area contributed by atoms with Crippen LogP contribution >= 0.6 is 0 Å². The van der Waals surface area contributed by atoms with Crippen LogP contribution < -0.4 is 4.90 Å². The van der Waals surface area contributed by atoms with Crippen LogP contribution in [0.1, 0.15) is 44.4 Å². The third kappa shape index (κ3) is 3.41. The first-order valence-corrected chi connectivity index (χ1v) is 10.3. The fourth-order valence-corrected chi connectivity index (χ4v) is 4.95. The van der Waals surface area contributed by atoms with Gasteiger partial charge < -0.3 is 14.3 Å². The molecule has 30 heavy (non-hydrogen) atoms. The van der Waals surface area contributed by atoms with Crippen LogP contribution in [0.25, 0.3) is 11.4 Å². The molecule has 2 bridgehead atoms. The number of aromatic nitrogens is 3. The van der Waals surface area contributed by atoms with Gasteiger partial charge in [-0.2, -0.15) is 18.2 Å². The molecule has 5 rings (SSSR count). The monoisotopic (exact) mass is 421 g/mol. The molecule has 2 unspecified atom stereocenters. The molecule has 1 aliphatic carbocycles. The maximum atomic E-state index is 12.9. The first-order chi connectivity index (χ1) is 14.4. The standard InChI is InChI=1S/C20H22F3N5O2/c21-20(22,23)19-25-17(26-30-19)13-6-7-16(24-9-13)27-10-15-8-14(27)11-28(15)18(29)12-4-2-1-3-5-12/h6-7,9,12,14-15H,1-5,8,10-11H2. The summed E-state index contributed by atoms with van der Waals surface area (Å²) < 4.78 is 42.2. The average Bonchev–Trinajstić information content (AvgIpc) is 3.49. The Balaban J connectivity index is 1.25. The Kier molecular flexibility index (Phi) is 4.67. The van der Waals surface area contributed by atoms with E-state index in [4.69, 9.17) is 0 Å². The van der Waals surface area contributed by atoms with Crippen molar-refractivity contribution in [3.63, 3.8) is 0 Å². The van der Waals surface area contributed by atoms with E-state index in [1.54, 1.807) is 12.1 Å². The zero-order chi connectivity index (χ0) is 20.9. The fraction of sp³-hybridized carbons (Fsp3) is 0.600. The van der Waals surface area contributed by atoms with Crippen molar-refractivity contribution in [1.82, 2.24) is 20.0 Å². The van der Waals surface area contributed by atoms with Gasteiger partial charge in [-0.1, -0.05) is 24.4 Å². The molecule has 2 aliphatic heterocycles. The van der Waals surface area contributed by atoms with Gasteiger partial charge in [-0.15, -0.1) is 0 Å². The molecule has 0 N–H and O–H groups in total. The molecule has 10 heteroatoms. The first kappa shape index (κ1) is 19.3. The summed E-state index contributed by atoms with van der Waals surface area (Å²) in [5.74, 6) is -0.284. The van der Waals surface area contributed by atoms with E-state index in [9.17, 15) is 18.0 Å².